The number of halogens is 1. The SMILES string of the molecule is COc1ccc(Nc2cc(C(N)=O)c(N)cc2F)c(C)c1. The Hall–Kier alpha value is -2.76. The van der Waals surface area contributed by atoms with Crippen LogP contribution in [0.4, 0.5) is 21.5 Å². The van der Waals surface area contributed by atoms with Crippen molar-refractivity contribution in [1.29, 1.82) is 0 Å². The first-order valence-corrected chi connectivity index (χ1v) is 6.23. The van der Waals surface area contributed by atoms with Crippen molar-refractivity contribution in [2.24, 2.45) is 5.73 Å². The molecule has 0 spiro atoms. The normalized spacial score (nSPS) is 10.2. The summed E-state index contributed by atoms with van der Waals surface area (Å²) in [7, 11) is 1.57. The number of benzene rings is 2. The minimum Gasteiger partial charge on any atom is -0.497 e. The molecule has 0 saturated heterocycles. The highest BCUT2D eigenvalue weighted by atomic mass is 19.1. The molecule has 21 heavy (non-hydrogen) atoms. The van der Waals surface area contributed by atoms with Crippen LogP contribution in [0.1, 0.15) is 15.9 Å². The number of hydrogen-bond acceptors (Lipinski definition) is 4. The summed E-state index contributed by atoms with van der Waals surface area (Å²) in [6.07, 6.45) is 0. The number of carbonyl (C=O) groups excluding carboxylic acids is 1. The number of carbonyl (C=O) groups is 1. The first-order valence-electron chi connectivity index (χ1n) is 6.23. The Morgan fingerprint density at radius 1 is 1.24 bits per heavy atom. The highest BCUT2D eigenvalue weighted by Gasteiger charge is 2.12. The van der Waals surface area contributed by atoms with Crippen LogP contribution in [0.2, 0.25) is 0 Å². The van der Waals surface area contributed by atoms with Gasteiger partial charge in [-0.3, -0.25) is 4.79 Å². The van der Waals surface area contributed by atoms with Crippen LogP contribution in [0.25, 0.3) is 0 Å². The van der Waals surface area contributed by atoms with Gasteiger partial charge >= 0.3 is 0 Å². The lowest BCUT2D eigenvalue weighted by molar-refractivity contribution is 0.100. The van der Waals surface area contributed by atoms with Crippen molar-refractivity contribution in [2.75, 3.05) is 18.2 Å². The molecule has 0 atom stereocenters. The molecule has 6 heteroatoms. The quantitative estimate of drug-likeness (QED) is 0.754. The molecule has 0 bridgehead atoms. The average molecular weight is 289 g/mol. The molecule has 0 saturated carbocycles. The standard InChI is InChI=1S/C15H16FN3O2/c1-8-5-9(21-2)3-4-13(8)19-14-6-10(15(18)20)12(17)7-11(14)16/h3-7,19H,17H2,1-2H3,(H2,18,20). The predicted octanol–water partition coefficient (Wildman–Crippen LogP) is 2.57. The summed E-state index contributed by atoms with van der Waals surface area (Å²) in [5.41, 5.74) is 12.5. The number of rotatable bonds is 4. The third kappa shape index (κ3) is 3.05. The van der Waals surface area contributed by atoms with Crippen LogP contribution < -0.4 is 21.5 Å². The molecule has 1 amide bonds. The van der Waals surface area contributed by atoms with Crippen molar-refractivity contribution >= 4 is 23.0 Å². The Labute approximate surface area is 121 Å². The minimum atomic E-state index is -0.706. The average Bonchev–Trinajstić information content (AvgIpc) is 2.43. The summed E-state index contributed by atoms with van der Waals surface area (Å²) in [5.74, 6) is -0.566. The number of methoxy groups -OCH3 is 1. The van der Waals surface area contributed by atoms with Gasteiger partial charge < -0.3 is 21.5 Å². The van der Waals surface area contributed by atoms with Crippen LogP contribution >= 0.6 is 0 Å². The molecular weight excluding hydrogens is 273 g/mol. The zero-order valence-electron chi connectivity index (χ0n) is 11.7. The lowest BCUT2D eigenvalue weighted by atomic mass is 10.1. The first-order chi connectivity index (χ1) is 9.92. The summed E-state index contributed by atoms with van der Waals surface area (Å²) in [6.45, 7) is 1.86. The fraction of sp³-hybridized carbons (Fsp3) is 0.133. The van der Waals surface area contributed by atoms with Crippen LogP contribution in [0.5, 0.6) is 5.75 Å². The van der Waals surface area contributed by atoms with E-state index in [1.165, 1.54) is 6.07 Å². The van der Waals surface area contributed by atoms with Crippen molar-refractivity contribution in [1.82, 2.24) is 0 Å². The monoisotopic (exact) mass is 289 g/mol. The topological polar surface area (TPSA) is 90.4 Å². The molecule has 0 aromatic heterocycles. The molecule has 0 aliphatic rings. The second-order valence-electron chi connectivity index (χ2n) is 4.59. The van der Waals surface area contributed by atoms with E-state index < -0.39 is 11.7 Å². The Kier molecular flexibility index (Phi) is 3.98. The zero-order chi connectivity index (χ0) is 15.6. The van der Waals surface area contributed by atoms with Gasteiger partial charge in [-0.05, 0) is 42.8 Å². The largest absolute Gasteiger partial charge is 0.497 e. The van der Waals surface area contributed by atoms with Crippen molar-refractivity contribution in [3.05, 3.63) is 47.3 Å². The van der Waals surface area contributed by atoms with Gasteiger partial charge in [0.05, 0.1) is 18.4 Å². The molecule has 5 N–H and O–H groups in total. The van der Waals surface area contributed by atoms with E-state index in [4.69, 9.17) is 16.2 Å². The van der Waals surface area contributed by atoms with E-state index in [1.807, 2.05) is 13.0 Å². The number of nitrogen functional groups attached to an aromatic ring is 1. The summed E-state index contributed by atoms with van der Waals surface area (Å²) >= 11 is 0. The number of anilines is 3. The van der Waals surface area contributed by atoms with E-state index in [-0.39, 0.29) is 16.9 Å². The van der Waals surface area contributed by atoms with E-state index in [9.17, 15) is 9.18 Å². The van der Waals surface area contributed by atoms with Gasteiger partial charge in [-0.1, -0.05) is 0 Å². The number of nitrogens with two attached hydrogens (primary N) is 2. The molecule has 2 rings (SSSR count). The number of aryl methyl sites for hydroxylation is 1. The second-order valence-corrected chi connectivity index (χ2v) is 4.59. The van der Waals surface area contributed by atoms with Gasteiger partial charge in [0.25, 0.3) is 5.91 Å². The maximum Gasteiger partial charge on any atom is 0.250 e. The van der Waals surface area contributed by atoms with Crippen LogP contribution in [-0.2, 0) is 0 Å². The lowest BCUT2D eigenvalue weighted by Crippen LogP contribution is -2.14. The third-order valence-electron chi connectivity index (χ3n) is 3.11. The molecule has 2 aromatic rings. The zero-order valence-corrected chi connectivity index (χ0v) is 11.7. The Morgan fingerprint density at radius 3 is 2.52 bits per heavy atom. The van der Waals surface area contributed by atoms with E-state index in [1.54, 1.807) is 19.2 Å². The maximum absolute atomic E-state index is 13.9. The third-order valence-corrected chi connectivity index (χ3v) is 3.11. The fourth-order valence-electron chi connectivity index (χ4n) is 1.95. The number of hydrogen-bond donors (Lipinski definition) is 3. The van der Waals surface area contributed by atoms with Crippen molar-refractivity contribution in [2.45, 2.75) is 6.92 Å². The number of amides is 1. The molecule has 0 aliphatic carbocycles. The molecule has 110 valence electrons. The highest BCUT2D eigenvalue weighted by molar-refractivity contribution is 5.99. The first kappa shape index (κ1) is 14.6. The Balaban J connectivity index is 2.39. The van der Waals surface area contributed by atoms with E-state index in [0.29, 0.717) is 11.4 Å². The van der Waals surface area contributed by atoms with Gasteiger partial charge in [-0.15, -0.1) is 0 Å². The predicted molar refractivity (Wildman–Crippen MR) is 80.3 cm³/mol. The molecule has 0 unspecified atom stereocenters. The number of ether oxygens (including phenoxy) is 1. The van der Waals surface area contributed by atoms with Crippen molar-refractivity contribution in [3.63, 3.8) is 0 Å². The summed E-state index contributed by atoms with van der Waals surface area (Å²) in [6, 6.07) is 7.69. The van der Waals surface area contributed by atoms with Gasteiger partial charge in [0.1, 0.15) is 11.6 Å². The maximum atomic E-state index is 13.9. The Morgan fingerprint density at radius 2 is 1.95 bits per heavy atom. The highest BCUT2D eigenvalue weighted by Crippen LogP contribution is 2.28. The fourth-order valence-corrected chi connectivity index (χ4v) is 1.95. The van der Waals surface area contributed by atoms with E-state index in [2.05, 4.69) is 5.32 Å². The van der Waals surface area contributed by atoms with Crippen molar-refractivity contribution in [3.8, 4) is 5.75 Å². The molecule has 0 fully saturated rings. The van der Waals surface area contributed by atoms with Crippen LogP contribution in [0.3, 0.4) is 0 Å². The van der Waals surface area contributed by atoms with Crippen LogP contribution in [-0.4, -0.2) is 13.0 Å². The lowest BCUT2D eigenvalue weighted by Gasteiger charge is -2.13. The Bertz CT molecular complexity index is 702. The molecule has 0 heterocycles. The summed E-state index contributed by atoms with van der Waals surface area (Å²) < 4.78 is 19.0. The van der Waals surface area contributed by atoms with Gasteiger partial charge in [0, 0.05) is 11.4 Å². The van der Waals surface area contributed by atoms with Gasteiger partial charge in [0.15, 0.2) is 0 Å². The van der Waals surface area contributed by atoms with E-state index in [0.717, 1.165) is 11.6 Å². The summed E-state index contributed by atoms with van der Waals surface area (Å²) in [5, 5.41) is 2.92. The molecule has 2 aromatic carbocycles. The molecule has 0 aliphatic heterocycles. The number of primary amides is 1. The molecule has 5 nitrogen and oxygen atoms in total. The van der Waals surface area contributed by atoms with Crippen LogP contribution in [0, 0.1) is 12.7 Å². The van der Waals surface area contributed by atoms with Gasteiger partial charge in [-0.2, -0.15) is 0 Å². The van der Waals surface area contributed by atoms with E-state index >= 15 is 0 Å². The second kappa shape index (κ2) is 5.70. The van der Waals surface area contributed by atoms with Crippen LogP contribution in [0.15, 0.2) is 30.3 Å². The summed E-state index contributed by atoms with van der Waals surface area (Å²) in [4.78, 5) is 11.3. The molecule has 0 radical (unpaired) electrons. The number of nitrogens with one attached hydrogen (secondary N) is 1. The minimum absolute atomic E-state index is 0.0111. The molecular formula is C15H16FN3O2. The van der Waals surface area contributed by atoms with Gasteiger partial charge in [-0.25, -0.2) is 4.39 Å². The smallest absolute Gasteiger partial charge is 0.250 e. The van der Waals surface area contributed by atoms with Crippen molar-refractivity contribution < 1.29 is 13.9 Å². The van der Waals surface area contributed by atoms with Gasteiger partial charge in [0.2, 0.25) is 0 Å².